The number of amides is 2. The first kappa shape index (κ1) is 17.2. The molecule has 26 heavy (non-hydrogen) atoms. The van der Waals surface area contributed by atoms with Crippen molar-refractivity contribution in [2.24, 2.45) is 5.73 Å². The van der Waals surface area contributed by atoms with E-state index in [1.165, 1.54) is 0 Å². The SMILES string of the molecule is NC(=O)COc1ccc(NC(=O)c2ccc(-c3ccccc3)cc2)cc1. The zero-order chi connectivity index (χ0) is 18.4. The van der Waals surface area contributed by atoms with Gasteiger partial charge >= 0.3 is 0 Å². The summed E-state index contributed by atoms with van der Waals surface area (Å²) in [7, 11) is 0. The van der Waals surface area contributed by atoms with E-state index in [9.17, 15) is 9.59 Å². The molecule has 0 radical (unpaired) electrons. The van der Waals surface area contributed by atoms with Gasteiger partial charge in [0.2, 0.25) is 0 Å². The normalized spacial score (nSPS) is 10.2. The lowest BCUT2D eigenvalue weighted by Gasteiger charge is -2.08. The summed E-state index contributed by atoms with van der Waals surface area (Å²) in [5.74, 6) is -0.231. The van der Waals surface area contributed by atoms with Crippen LogP contribution in [0.3, 0.4) is 0 Å². The van der Waals surface area contributed by atoms with Crippen molar-refractivity contribution >= 4 is 17.5 Å². The number of nitrogens with one attached hydrogen (secondary N) is 1. The van der Waals surface area contributed by atoms with Crippen LogP contribution >= 0.6 is 0 Å². The largest absolute Gasteiger partial charge is 0.484 e. The topological polar surface area (TPSA) is 81.4 Å². The van der Waals surface area contributed by atoms with Crippen molar-refractivity contribution in [2.45, 2.75) is 0 Å². The van der Waals surface area contributed by atoms with Gasteiger partial charge in [-0.25, -0.2) is 0 Å². The number of nitrogens with two attached hydrogens (primary N) is 1. The lowest BCUT2D eigenvalue weighted by atomic mass is 10.0. The number of anilines is 1. The second kappa shape index (κ2) is 7.98. The van der Waals surface area contributed by atoms with Crippen LogP contribution < -0.4 is 15.8 Å². The van der Waals surface area contributed by atoms with Crippen molar-refractivity contribution in [3.05, 3.63) is 84.4 Å². The van der Waals surface area contributed by atoms with E-state index in [4.69, 9.17) is 10.5 Å². The molecule has 0 aliphatic carbocycles. The van der Waals surface area contributed by atoms with Gasteiger partial charge in [-0.05, 0) is 47.5 Å². The predicted octanol–water partition coefficient (Wildman–Crippen LogP) is 3.47. The molecule has 0 saturated heterocycles. The van der Waals surface area contributed by atoms with Crippen molar-refractivity contribution in [3.63, 3.8) is 0 Å². The van der Waals surface area contributed by atoms with Crippen LogP contribution in [-0.4, -0.2) is 18.4 Å². The zero-order valence-electron chi connectivity index (χ0n) is 14.0. The quantitative estimate of drug-likeness (QED) is 0.717. The van der Waals surface area contributed by atoms with Gasteiger partial charge in [-0.15, -0.1) is 0 Å². The maximum Gasteiger partial charge on any atom is 0.255 e. The second-order valence-corrected chi connectivity index (χ2v) is 5.68. The predicted molar refractivity (Wildman–Crippen MR) is 101 cm³/mol. The summed E-state index contributed by atoms with van der Waals surface area (Å²) in [6.45, 7) is -0.181. The van der Waals surface area contributed by atoms with Crippen LogP contribution in [-0.2, 0) is 4.79 Å². The van der Waals surface area contributed by atoms with Crippen LogP contribution in [0.1, 0.15) is 10.4 Å². The maximum atomic E-state index is 12.4. The second-order valence-electron chi connectivity index (χ2n) is 5.68. The first-order valence-corrected chi connectivity index (χ1v) is 8.10. The van der Waals surface area contributed by atoms with E-state index in [2.05, 4.69) is 5.32 Å². The average molecular weight is 346 g/mol. The fraction of sp³-hybridized carbons (Fsp3) is 0.0476. The Bertz CT molecular complexity index is 889. The molecule has 3 aromatic rings. The van der Waals surface area contributed by atoms with Gasteiger partial charge in [-0.2, -0.15) is 0 Å². The summed E-state index contributed by atoms with van der Waals surface area (Å²) in [4.78, 5) is 23.1. The smallest absolute Gasteiger partial charge is 0.255 e. The fourth-order valence-corrected chi connectivity index (χ4v) is 2.44. The molecule has 0 spiro atoms. The lowest BCUT2D eigenvalue weighted by Crippen LogP contribution is -2.20. The van der Waals surface area contributed by atoms with Crippen LogP contribution in [0.25, 0.3) is 11.1 Å². The number of benzene rings is 3. The van der Waals surface area contributed by atoms with Crippen molar-refractivity contribution in [1.29, 1.82) is 0 Å². The van der Waals surface area contributed by atoms with E-state index in [1.807, 2.05) is 42.5 Å². The van der Waals surface area contributed by atoms with Crippen LogP contribution in [0, 0.1) is 0 Å². The molecule has 5 nitrogen and oxygen atoms in total. The third kappa shape index (κ3) is 4.48. The average Bonchev–Trinajstić information content (AvgIpc) is 2.68. The Morgan fingerprint density at radius 3 is 2.04 bits per heavy atom. The van der Waals surface area contributed by atoms with Gasteiger partial charge in [-0.1, -0.05) is 42.5 Å². The Morgan fingerprint density at radius 1 is 0.808 bits per heavy atom. The number of carbonyl (C=O) groups is 2. The van der Waals surface area contributed by atoms with Gasteiger partial charge in [-0.3, -0.25) is 9.59 Å². The van der Waals surface area contributed by atoms with Gasteiger partial charge in [0.1, 0.15) is 5.75 Å². The molecule has 0 fully saturated rings. The number of hydrogen-bond donors (Lipinski definition) is 2. The molecular weight excluding hydrogens is 328 g/mol. The van der Waals surface area contributed by atoms with Gasteiger partial charge in [0, 0.05) is 11.3 Å². The van der Waals surface area contributed by atoms with Gasteiger partial charge < -0.3 is 15.8 Å². The lowest BCUT2D eigenvalue weighted by molar-refractivity contribution is -0.119. The third-order valence-electron chi connectivity index (χ3n) is 3.75. The number of rotatable bonds is 6. The summed E-state index contributed by atoms with van der Waals surface area (Å²) in [5.41, 5.74) is 8.39. The molecule has 3 rings (SSSR count). The highest BCUT2D eigenvalue weighted by Crippen LogP contribution is 2.20. The van der Waals surface area contributed by atoms with E-state index in [-0.39, 0.29) is 12.5 Å². The summed E-state index contributed by atoms with van der Waals surface area (Å²) in [6.07, 6.45) is 0. The highest BCUT2D eigenvalue weighted by molar-refractivity contribution is 6.04. The standard InChI is InChI=1S/C21H18N2O3/c22-20(24)14-26-19-12-10-18(11-13-19)23-21(25)17-8-6-16(7-9-17)15-4-2-1-3-5-15/h1-13H,14H2,(H2,22,24)(H,23,25). The molecule has 2 amide bonds. The van der Waals surface area contributed by atoms with E-state index >= 15 is 0 Å². The molecule has 0 atom stereocenters. The number of hydrogen-bond acceptors (Lipinski definition) is 3. The molecule has 0 heterocycles. The molecule has 0 aliphatic rings. The van der Waals surface area contributed by atoms with Crippen molar-refractivity contribution in [1.82, 2.24) is 0 Å². The van der Waals surface area contributed by atoms with Crippen molar-refractivity contribution < 1.29 is 14.3 Å². The minimum Gasteiger partial charge on any atom is -0.484 e. The first-order chi connectivity index (χ1) is 12.6. The molecule has 0 bridgehead atoms. The summed E-state index contributed by atoms with van der Waals surface area (Å²) < 4.78 is 5.18. The molecule has 130 valence electrons. The number of carbonyl (C=O) groups excluding carboxylic acids is 2. The minimum absolute atomic E-state index is 0.181. The van der Waals surface area contributed by atoms with Gasteiger partial charge in [0.05, 0.1) is 0 Å². The Kier molecular flexibility index (Phi) is 5.29. The maximum absolute atomic E-state index is 12.4. The van der Waals surface area contributed by atoms with Crippen LogP contribution in [0.2, 0.25) is 0 Å². The Labute approximate surface area is 151 Å². The van der Waals surface area contributed by atoms with Crippen LogP contribution in [0.4, 0.5) is 5.69 Å². The van der Waals surface area contributed by atoms with Crippen molar-refractivity contribution in [3.8, 4) is 16.9 Å². The number of ether oxygens (including phenoxy) is 1. The molecule has 0 aromatic heterocycles. The number of primary amides is 1. The fourth-order valence-electron chi connectivity index (χ4n) is 2.44. The summed E-state index contributed by atoms with van der Waals surface area (Å²) in [5, 5.41) is 2.82. The molecule has 3 N–H and O–H groups in total. The van der Waals surface area contributed by atoms with Crippen molar-refractivity contribution in [2.75, 3.05) is 11.9 Å². The Balaban J connectivity index is 1.63. The highest BCUT2D eigenvalue weighted by atomic mass is 16.5. The molecule has 3 aromatic carbocycles. The third-order valence-corrected chi connectivity index (χ3v) is 3.75. The Hall–Kier alpha value is -3.60. The Morgan fingerprint density at radius 2 is 1.42 bits per heavy atom. The zero-order valence-corrected chi connectivity index (χ0v) is 14.0. The highest BCUT2D eigenvalue weighted by Gasteiger charge is 2.07. The molecule has 0 aliphatic heterocycles. The van der Waals surface area contributed by atoms with Crippen LogP contribution in [0.5, 0.6) is 5.75 Å². The van der Waals surface area contributed by atoms with E-state index in [0.717, 1.165) is 11.1 Å². The van der Waals surface area contributed by atoms with E-state index in [1.54, 1.807) is 36.4 Å². The van der Waals surface area contributed by atoms with Gasteiger partial charge in [0.25, 0.3) is 11.8 Å². The summed E-state index contributed by atoms with van der Waals surface area (Å²) in [6, 6.07) is 24.1. The first-order valence-electron chi connectivity index (χ1n) is 8.10. The monoisotopic (exact) mass is 346 g/mol. The van der Waals surface area contributed by atoms with E-state index in [0.29, 0.717) is 17.0 Å². The molecule has 0 unspecified atom stereocenters. The molecule has 5 heteroatoms. The minimum atomic E-state index is -0.540. The molecule has 0 saturated carbocycles. The summed E-state index contributed by atoms with van der Waals surface area (Å²) >= 11 is 0. The van der Waals surface area contributed by atoms with Gasteiger partial charge in [0.15, 0.2) is 6.61 Å². The molecular formula is C21H18N2O3. The van der Waals surface area contributed by atoms with E-state index < -0.39 is 5.91 Å². The van der Waals surface area contributed by atoms with Crippen LogP contribution in [0.15, 0.2) is 78.9 Å².